The van der Waals surface area contributed by atoms with Gasteiger partial charge in [-0.15, -0.1) is 0 Å². The summed E-state index contributed by atoms with van der Waals surface area (Å²) in [5.41, 5.74) is 4.49. The first-order valence-electron chi connectivity index (χ1n) is 10.5. The number of allylic oxidation sites excluding steroid dienone is 5. The van der Waals surface area contributed by atoms with Gasteiger partial charge in [0, 0.05) is 40.3 Å². The third-order valence-corrected chi connectivity index (χ3v) is 6.66. The van der Waals surface area contributed by atoms with Crippen molar-refractivity contribution in [1.29, 1.82) is 0 Å². The number of hydrogen-bond acceptors (Lipinski definition) is 4. The molecule has 0 aromatic heterocycles. The highest BCUT2D eigenvalue weighted by molar-refractivity contribution is 6.27. The van der Waals surface area contributed by atoms with Crippen LogP contribution in [0, 0.1) is 5.41 Å². The Bertz CT molecular complexity index is 1050. The Labute approximate surface area is 170 Å². The standard InChI is InChI=1S/C25H25NO3/c1-25(2)12-17-20(18(27)13-25)19(14-8-4-3-5-9-14)21-22(26-17)24(29)16-11-7-6-10-15(16)23(21)28/h3-5,8-9,19,26H,6-7,10-13H2,1-2H3. The number of carbonyl (C=O) groups is 3. The van der Waals surface area contributed by atoms with E-state index in [1.165, 1.54) is 0 Å². The highest BCUT2D eigenvalue weighted by Gasteiger charge is 2.47. The minimum atomic E-state index is -0.460. The Morgan fingerprint density at radius 1 is 0.862 bits per heavy atom. The smallest absolute Gasteiger partial charge is 0.206 e. The molecule has 1 atom stereocenters. The minimum absolute atomic E-state index is 0.0418. The van der Waals surface area contributed by atoms with Crippen molar-refractivity contribution in [2.24, 2.45) is 5.41 Å². The molecule has 0 saturated carbocycles. The van der Waals surface area contributed by atoms with Gasteiger partial charge in [-0.2, -0.15) is 0 Å². The second-order valence-corrected chi connectivity index (χ2v) is 9.41. The lowest BCUT2D eigenvalue weighted by atomic mass is 9.65. The first-order valence-corrected chi connectivity index (χ1v) is 10.5. The largest absolute Gasteiger partial charge is 0.355 e. The molecule has 0 bridgehead atoms. The normalized spacial score (nSPS) is 26.1. The second-order valence-electron chi connectivity index (χ2n) is 9.41. The Kier molecular flexibility index (Phi) is 4.02. The molecule has 4 heteroatoms. The summed E-state index contributed by atoms with van der Waals surface area (Å²) in [7, 11) is 0. The van der Waals surface area contributed by atoms with Gasteiger partial charge in [0.05, 0.1) is 5.70 Å². The molecule has 3 aliphatic carbocycles. The quantitative estimate of drug-likeness (QED) is 0.730. The number of carbonyl (C=O) groups excluding carboxylic acids is 3. The van der Waals surface area contributed by atoms with E-state index in [2.05, 4.69) is 19.2 Å². The molecule has 0 amide bonds. The van der Waals surface area contributed by atoms with Crippen LogP contribution in [0.15, 0.2) is 64.0 Å². The Hall–Kier alpha value is -2.75. The van der Waals surface area contributed by atoms with Crippen LogP contribution in [0.25, 0.3) is 0 Å². The van der Waals surface area contributed by atoms with Crippen molar-refractivity contribution in [3.05, 3.63) is 69.6 Å². The van der Waals surface area contributed by atoms with Crippen LogP contribution in [0.1, 0.15) is 63.9 Å². The molecule has 0 fully saturated rings. The zero-order valence-electron chi connectivity index (χ0n) is 16.9. The van der Waals surface area contributed by atoms with Gasteiger partial charge in [0.25, 0.3) is 0 Å². The van der Waals surface area contributed by atoms with Crippen molar-refractivity contribution in [1.82, 2.24) is 5.32 Å². The second kappa shape index (κ2) is 6.38. The van der Waals surface area contributed by atoms with Crippen LogP contribution in [0.2, 0.25) is 0 Å². The summed E-state index contributed by atoms with van der Waals surface area (Å²) < 4.78 is 0. The molecule has 1 aromatic rings. The predicted molar refractivity (Wildman–Crippen MR) is 110 cm³/mol. The summed E-state index contributed by atoms with van der Waals surface area (Å²) in [6.45, 7) is 4.15. The first-order chi connectivity index (χ1) is 13.9. The molecule has 1 unspecified atom stereocenters. The minimum Gasteiger partial charge on any atom is -0.355 e. The van der Waals surface area contributed by atoms with E-state index in [-0.39, 0.29) is 22.8 Å². The van der Waals surface area contributed by atoms with Crippen LogP contribution in [-0.2, 0) is 14.4 Å². The van der Waals surface area contributed by atoms with Crippen LogP contribution in [-0.4, -0.2) is 17.3 Å². The van der Waals surface area contributed by atoms with E-state index >= 15 is 0 Å². The summed E-state index contributed by atoms with van der Waals surface area (Å²) in [5, 5.41) is 3.29. The van der Waals surface area contributed by atoms with Crippen molar-refractivity contribution >= 4 is 17.3 Å². The van der Waals surface area contributed by atoms with Gasteiger partial charge >= 0.3 is 0 Å². The van der Waals surface area contributed by atoms with Gasteiger partial charge in [-0.05, 0) is 43.1 Å². The molecule has 4 nitrogen and oxygen atoms in total. The van der Waals surface area contributed by atoms with Crippen molar-refractivity contribution in [2.45, 2.75) is 58.3 Å². The van der Waals surface area contributed by atoms with Gasteiger partial charge in [0.2, 0.25) is 5.78 Å². The molecule has 0 radical (unpaired) electrons. The third kappa shape index (κ3) is 2.77. The fourth-order valence-corrected chi connectivity index (χ4v) is 5.41. The first kappa shape index (κ1) is 18.3. The number of benzene rings is 1. The number of Topliss-reactive ketones (excluding diaryl/α,β-unsaturated/α-hetero) is 3. The van der Waals surface area contributed by atoms with Gasteiger partial charge < -0.3 is 5.32 Å². The van der Waals surface area contributed by atoms with Crippen LogP contribution in [0.4, 0.5) is 0 Å². The average molecular weight is 387 g/mol. The molecular weight excluding hydrogens is 362 g/mol. The van der Waals surface area contributed by atoms with E-state index in [1.807, 2.05) is 30.3 Å². The molecule has 1 aliphatic heterocycles. The maximum Gasteiger partial charge on any atom is 0.206 e. The Morgan fingerprint density at radius 3 is 2.21 bits per heavy atom. The lowest BCUT2D eigenvalue weighted by molar-refractivity contribution is -0.119. The highest BCUT2D eigenvalue weighted by Crippen LogP contribution is 2.49. The topological polar surface area (TPSA) is 63.2 Å². The van der Waals surface area contributed by atoms with Crippen LogP contribution in [0.5, 0.6) is 0 Å². The van der Waals surface area contributed by atoms with E-state index in [0.717, 1.165) is 24.1 Å². The number of ketones is 3. The molecule has 148 valence electrons. The van der Waals surface area contributed by atoms with Gasteiger partial charge in [0.15, 0.2) is 11.6 Å². The average Bonchev–Trinajstić information content (AvgIpc) is 2.70. The molecule has 1 N–H and O–H groups in total. The van der Waals surface area contributed by atoms with Gasteiger partial charge in [-0.1, -0.05) is 44.2 Å². The van der Waals surface area contributed by atoms with Gasteiger partial charge in [-0.3, -0.25) is 14.4 Å². The summed E-state index contributed by atoms with van der Waals surface area (Å²) in [6.07, 6.45) is 4.36. The number of dihydropyridines is 1. The zero-order chi connectivity index (χ0) is 20.3. The fourth-order valence-electron chi connectivity index (χ4n) is 5.41. The number of hydrogen-bond donors (Lipinski definition) is 1. The summed E-state index contributed by atoms with van der Waals surface area (Å²) in [5.74, 6) is -0.469. The van der Waals surface area contributed by atoms with Crippen LogP contribution >= 0.6 is 0 Å². The van der Waals surface area contributed by atoms with Crippen LogP contribution < -0.4 is 5.32 Å². The van der Waals surface area contributed by atoms with Crippen molar-refractivity contribution in [3.8, 4) is 0 Å². The van der Waals surface area contributed by atoms with E-state index in [0.29, 0.717) is 53.7 Å². The van der Waals surface area contributed by atoms with E-state index in [4.69, 9.17) is 0 Å². The number of nitrogens with one attached hydrogen (secondary N) is 1. The molecular formula is C25H25NO3. The molecule has 4 aliphatic rings. The zero-order valence-corrected chi connectivity index (χ0v) is 16.9. The van der Waals surface area contributed by atoms with E-state index < -0.39 is 5.92 Å². The monoisotopic (exact) mass is 387 g/mol. The Morgan fingerprint density at radius 2 is 1.52 bits per heavy atom. The molecule has 0 spiro atoms. The maximum atomic E-state index is 13.6. The highest BCUT2D eigenvalue weighted by atomic mass is 16.1. The number of rotatable bonds is 1. The molecule has 0 saturated heterocycles. The Balaban J connectivity index is 1.72. The SMILES string of the molecule is CC1(C)CC(=O)C2=C(C1)NC1=C(C(=O)C3=C(CCCC3)C1=O)C2c1ccccc1. The van der Waals surface area contributed by atoms with E-state index in [9.17, 15) is 14.4 Å². The van der Waals surface area contributed by atoms with Gasteiger partial charge in [0.1, 0.15) is 0 Å². The van der Waals surface area contributed by atoms with Crippen molar-refractivity contribution in [2.75, 3.05) is 0 Å². The van der Waals surface area contributed by atoms with Crippen LogP contribution in [0.3, 0.4) is 0 Å². The fraction of sp³-hybridized carbons (Fsp3) is 0.400. The molecule has 1 heterocycles. The molecule has 29 heavy (non-hydrogen) atoms. The lowest BCUT2D eigenvalue weighted by Gasteiger charge is -2.41. The van der Waals surface area contributed by atoms with Crippen molar-refractivity contribution in [3.63, 3.8) is 0 Å². The lowest BCUT2D eigenvalue weighted by Crippen LogP contribution is -2.43. The summed E-state index contributed by atoms with van der Waals surface area (Å²) in [6, 6.07) is 9.70. The maximum absolute atomic E-state index is 13.6. The van der Waals surface area contributed by atoms with Crippen molar-refractivity contribution < 1.29 is 14.4 Å². The molecule has 5 rings (SSSR count). The predicted octanol–water partition coefficient (Wildman–Crippen LogP) is 4.29. The van der Waals surface area contributed by atoms with Gasteiger partial charge in [-0.25, -0.2) is 0 Å². The van der Waals surface area contributed by atoms with E-state index in [1.54, 1.807) is 0 Å². The summed E-state index contributed by atoms with van der Waals surface area (Å²) in [4.78, 5) is 40.2. The summed E-state index contributed by atoms with van der Waals surface area (Å²) >= 11 is 0. The molecule has 1 aromatic carbocycles. The third-order valence-electron chi connectivity index (χ3n) is 6.66.